The van der Waals surface area contributed by atoms with Crippen molar-refractivity contribution in [3.63, 3.8) is 0 Å². The van der Waals surface area contributed by atoms with Gasteiger partial charge < -0.3 is 14.8 Å². The summed E-state index contributed by atoms with van der Waals surface area (Å²) < 4.78 is 12.4. The highest BCUT2D eigenvalue weighted by molar-refractivity contribution is 6.04. The third-order valence-corrected chi connectivity index (χ3v) is 5.19. The number of ether oxygens (including phenoxy) is 2. The summed E-state index contributed by atoms with van der Waals surface area (Å²) in [7, 11) is 3.10. The Morgan fingerprint density at radius 2 is 1.81 bits per heavy atom. The number of aromatic nitrogens is 2. The van der Waals surface area contributed by atoms with E-state index in [9.17, 15) is 9.59 Å². The lowest BCUT2D eigenvalue weighted by Crippen LogP contribution is -2.36. The van der Waals surface area contributed by atoms with Gasteiger partial charge in [0, 0.05) is 29.8 Å². The number of hydrogen-bond acceptors (Lipinski definition) is 5. The first-order valence-electron chi connectivity index (χ1n) is 9.95. The van der Waals surface area contributed by atoms with Crippen molar-refractivity contribution in [2.75, 3.05) is 24.4 Å². The normalized spacial score (nSPS) is 13.0. The summed E-state index contributed by atoms with van der Waals surface area (Å²) in [6.45, 7) is 2.95. The maximum Gasteiger partial charge on any atom is 0.255 e. The lowest BCUT2D eigenvalue weighted by molar-refractivity contribution is -0.119. The van der Waals surface area contributed by atoms with E-state index in [1.54, 1.807) is 49.5 Å². The first-order chi connectivity index (χ1) is 15.0. The van der Waals surface area contributed by atoms with E-state index in [0.29, 0.717) is 42.3 Å². The zero-order valence-electron chi connectivity index (χ0n) is 17.7. The summed E-state index contributed by atoms with van der Waals surface area (Å²) in [5.41, 5.74) is 2.94. The smallest absolute Gasteiger partial charge is 0.255 e. The van der Waals surface area contributed by atoms with Gasteiger partial charge in [0.05, 0.1) is 33.0 Å². The van der Waals surface area contributed by atoms with Crippen molar-refractivity contribution in [2.24, 2.45) is 0 Å². The van der Waals surface area contributed by atoms with Crippen LogP contribution >= 0.6 is 0 Å². The molecule has 0 aliphatic carbocycles. The van der Waals surface area contributed by atoms with Crippen LogP contribution in [0.5, 0.6) is 11.5 Å². The summed E-state index contributed by atoms with van der Waals surface area (Å²) in [6.07, 6.45) is 0.430. The van der Waals surface area contributed by atoms with E-state index < -0.39 is 0 Å². The van der Waals surface area contributed by atoms with Gasteiger partial charge in [-0.15, -0.1) is 0 Å². The Balaban J connectivity index is 1.46. The Labute approximate surface area is 180 Å². The SMILES string of the molecule is COc1ccc(NC(=O)c2ccc(CN3C(=O)CCn4nc(C)cc43)cc2)cc1OC. The minimum absolute atomic E-state index is 0.0719. The van der Waals surface area contributed by atoms with Crippen LogP contribution in [0.1, 0.15) is 28.0 Å². The van der Waals surface area contributed by atoms with E-state index in [-0.39, 0.29) is 11.8 Å². The van der Waals surface area contributed by atoms with Gasteiger partial charge >= 0.3 is 0 Å². The molecule has 1 aliphatic rings. The average Bonchev–Trinajstić information content (AvgIpc) is 3.16. The molecule has 1 aromatic heterocycles. The lowest BCUT2D eigenvalue weighted by atomic mass is 10.1. The number of hydrogen-bond donors (Lipinski definition) is 1. The molecule has 0 saturated carbocycles. The molecule has 1 aliphatic heterocycles. The number of nitrogens with zero attached hydrogens (tertiary/aromatic N) is 3. The summed E-state index contributed by atoms with van der Waals surface area (Å²) in [5.74, 6) is 1.78. The van der Waals surface area contributed by atoms with Crippen LogP contribution < -0.4 is 19.7 Å². The third-order valence-electron chi connectivity index (χ3n) is 5.19. The molecule has 2 heterocycles. The van der Waals surface area contributed by atoms with Crippen molar-refractivity contribution >= 4 is 23.3 Å². The van der Waals surface area contributed by atoms with E-state index in [1.807, 2.05) is 29.8 Å². The molecule has 1 N–H and O–H groups in total. The van der Waals surface area contributed by atoms with Gasteiger partial charge in [-0.05, 0) is 36.8 Å². The van der Waals surface area contributed by atoms with E-state index in [0.717, 1.165) is 17.1 Å². The van der Waals surface area contributed by atoms with Crippen LogP contribution in [0.25, 0.3) is 0 Å². The molecule has 8 nitrogen and oxygen atoms in total. The summed E-state index contributed by atoms with van der Waals surface area (Å²) in [6, 6.07) is 14.3. The van der Waals surface area contributed by atoms with Crippen molar-refractivity contribution in [3.05, 3.63) is 65.4 Å². The van der Waals surface area contributed by atoms with E-state index in [1.165, 1.54) is 0 Å². The predicted molar refractivity (Wildman–Crippen MR) is 117 cm³/mol. The third kappa shape index (κ3) is 4.23. The Kier molecular flexibility index (Phi) is 5.62. The Morgan fingerprint density at radius 1 is 1.06 bits per heavy atom. The van der Waals surface area contributed by atoms with Crippen molar-refractivity contribution in [1.82, 2.24) is 9.78 Å². The van der Waals surface area contributed by atoms with Gasteiger partial charge in [0.15, 0.2) is 11.5 Å². The van der Waals surface area contributed by atoms with Gasteiger partial charge in [0.2, 0.25) is 5.91 Å². The second-order valence-corrected chi connectivity index (χ2v) is 7.32. The molecule has 160 valence electrons. The molecule has 2 amide bonds. The molecule has 0 bridgehead atoms. The lowest BCUT2D eigenvalue weighted by Gasteiger charge is -2.27. The molecule has 0 radical (unpaired) electrons. The fraction of sp³-hybridized carbons (Fsp3) is 0.261. The number of aryl methyl sites for hydroxylation is 2. The zero-order chi connectivity index (χ0) is 22.0. The Hall–Kier alpha value is -3.81. The average molecular weight is 420 g/mol. The highest BCUT2D eigenvalue weighted by Gasteiger charge is 2.25. The van der Waals surface area contributed by atoms with Crippen molar-refractivity contribution in [3.8, 4) is 11.5 Å². The molecule has 3 aromatic rings. The Bertz CT molecular complexity index is 1120. The highest BCUT2D eigenvalue weighted by atomic mass is 16.5. The fourth-order valence-electron chi connectivity index (χ4n) is 3.61. The number of methoxy groups -OCH3 is 2. The Morgan fingerprint density at radius 3 is 2.52 bits per heavy atom. The second-order valence-electron chi connectivity index (χ2n) is 7.32. The summed E-state index contributed by atoms with van der Waals surface area (Å²) >= 11 is 0. The van der Waals surface area contributed by atoms with Crippen LogP contribution in [-0.2, 0) is 17.9 Å². The number of carbonyl (C=O) groups is 2. The molecule has 2 aromatic carbocycles. The zero-order valence-corrected chi connectivity index (χ0v) is 17.7. The van der Waals surface area contributed by atoms with Crippen LogP contribution in [0.15, 0.2) is 48.5 Å². The molecule has 0 fully saturated rings. The van der Waals surface area contributed by atoms with Crippen molar-refractivity contribution in [1.29, 1.82) is 0 Å². The van der Waals surface area contributed by atoms with Gasteiger partial charge in [0.1, 0.15) is 5.82 Å². The molecule has 8 heteroatoms. The van der Waals surface area contributed by atoms with E-state index in [4.69, 9.17) is 9.47 Å². The quantitative estimate of drug-likeness (QED) is 0.661. The number of amides is 2. The molecule has 0 saturated heterocycles. The van der Waals surface area contributed by atoms with Crippen LogP contribution in [0.2, 0.25) is 0 Å². The van der Waals surface area contributed by atoms with Crippen LogP contribution in [0.3, 0.4) is 0 Å². The molecule has 31 heavy (non-hydrogen) atoms. The van der Waals surface area contributed by atoms with E-state index in [2.05, 4.69) is 10.4 Å². The first-order valence-corrected chi connectivity index (χ1v) is 9.95. The monoisotopic (exact) mass is 420 g/mol. The van der Waals surface area contributed by atoms with Crippen molar-refractivity contribution < 1.29 is 19.1 Å². The topological polar surface area (TPSA) is 85.7 Å². The van der Waals surface area contributed by atoms with Gasteiger partial charge in [0.25, 0.3) is 5.91 Å². The minimum atomic E-state index is -0.235. The van der Waals surface area contributed by atoms with Crippen LogP contribution in [0.4, 0.5) is 11.5 Å². The molecule has 4 rings (SSSR count). The van der Waals surface area contributed by atoms with Gasteiger partial charge in [-0.3, -0.25) is 14.5 Å². The first kappa shape index (κ1) is 20.5. The number of rotatable bonds is 6. The standard InChI is InChI=1S/C23H24N4O4/c1-15-12-21-26(22(28)10-11-27(21)25-15)14-16-4-6-17(7-5-16)23(29)24-18-8-9-19(30-2)20(13-18)31-3/h4-9,12-13H,10-11,14H2,1-3H3,(H,24,29). The molecule has 0 unspecified atom stereocenters. The highest BCUT2D eigenvalue weighted by Crippen LogP contribution is 2.30. The summed E-state index contributed by atoms with van der Waals surface area (Å²) in [5, 5.41) is 7.29. The van der Waals surface area contributed by atoms with Crippen molar-refractivity contribution in [2.45, 2.75) is 26.4 Å². The second kappa shape index (κ2) is 8.51. The predicted octanol–water partition coefficient (Wildman–Crippen LogP) is 3.40. The molecular formula is C23H24N4O4. The van der Waals surface area contributed by atoms with Gasteiger partial charge in [-0.1, -0.05) is 12.1 Å². The maximum atomic E-state index is 12.6. The fourth-order valence-corrected chi connectivity index (χ4v) is 3.61. The van der Waals surface area contributed by atoms with Crippen LogP contribution in [0, 0.1) is 6.92 Å². The number of anilines is 2. The number of nitrogens with one attached hydrogen (secondary N) is 1. The van der Waals surface area contributed by atoms with E-state index >= 15 is 0 Å². The molecular weight excluding hydrogens is 396 g/mol. The maximum absolute atomic E-state index is 12.6. The number of carbonyl (C=O) groups excluding carboxylic acids is 2. The van der Waals surface area contributed by atoms with Gasteiger partial charge in [-0.2, -0.15) is 5.10 Å². The minimum Gasteiger partial charge on any atom is -0.493 e. The molecule has 0 spiro atoms. The molecule has 0 atom stereocenters. The van der Waals surface area contributed by atoms with Gasteiger partial charge in [-0.25, -0.2) is 4.68 Å². The van der Waals surface area contributed by atoms with Crippen LogP contribution in [-0.4, -0.2) is 35.8 Å². The number of fused-ring (bicyclic) bond motifs is 1. The summed E-state index contributed by atoms with van der Waals surface area (Å²) in [4.78, 5) is 26.8. The largest absolute Gasteiger partial charge is 0.493 e. The number of benzene rings is 2.